The van der Waals surface area contributed by atoms with E-state index in [4.69, 9.17) is 0 Å². The van der Waals surface area contributed by atoms with E-state index in [-0.39, 0.29) is 5.12 Å². The van der Waals surface area contributed by atoms with Crippen LogP contribution in [0.1, 0.15) is 124 Å². The second kappa shape index (κ2) is 18.3. The minimum Gasteiger partial charge on any atom is -0.480 e. The second-order valence-electron chi connectivity index (χ2n) is 7.81. The first kappa shape index (κ1) is 27.2. The summed E-state index contributed by atoms with van der Waals surface area (Å²) in [4.78, 5) is 23.6. The van der Waals surface area contributed by atoms with E-state index in [1.54, 1.807) is 0 Å². The Bertz CT molecular complexity index is 428. The number of hydrogen-bond acceptors (Lipinski definition) is 3. The van der Waals surface area contributed by atoms with E-state index in [1.807, 2.05) is 13.8 Å². The van der Waals surface area contributed by atoms with Crippen LogP contribution in [0.3, 0.4) is 0 Å². The van der Waals surface area contributed by atoms with Gasteiger partial charge in [-0.15, -0.1) is 0 Å². The predicted octanol–water partition coefficient (Wildman–Crippen LogP) is 7.93. The van der Waals surface area contributed by atoms with Crippen molar-refractivity contribution in [2.75, 3.05) is 0 Å². The highest BCUT2D eigenvalue weighted by molar-refractivity contribution is 8.15. The van der Waals surface area contributed by atoms with Crippen molar-refractivity contribution in [1.82, 2.24) is 0 Å². The maximum Gasteiger partial charge on any atom is 0.320 e. The van der Waals surface area contributed by atoms with Crippen molar-refractivity contribution in [1.29, 1.82) is 0 Å². The summed E-state index contributed by atoms with van der Waals surface area (Å²) in [5, 5.41) is 9.43. The Labute approximate surface area is 178 Å². The van der Waals surface area contributed by atoms with Crippen LogP contribution in [0.2, 0.25) is 0 Å². The molecule has 0 saturated carbocycles. The number of aliphatic carboxylic acids is 1. The number of carbonyl (C=O) groups is 2. The molecule has 0 amide bonds. The Hall–Kier alpha value is -0.770. The topological polar surface area (TPSA) is 54.4 Å². The smallest absolute Gasteiger partial charge is 0.320 e. The van der Waals surface area contributed by atoms with Crippen molar-refractivity contribution in [2.24, 2.45) is 0 Å². The summed E-state index contributed by atoms with van der Waals surface area (Å²) >= 11 is 1.04. The molecule has 0 aromatic heterocycles. The highest BCUT2D eigenvalue weighted by atomic mass is 32.2. The molecule has 0 fully saturated rings. The van der Waals surface area contributed by atoms with Gasteiger partial charge in [0.2, 0.25) is 0 Å². The Morgan fingerprint density at radius 3 is 1.68 bits per heavy atom. The first-order chi connectivity index (χ1) is 13.5. The normalized spacial score (nSPS) is 12.0. The standard InChI is InChI=1S/C24H44O3S/c1-4-7-8-9-10-11-12-13-14-15-16-17-18-19-20-21-22(25)28-24(5-2,6-3)23(26)27/h13-14H,4-12,15-21H2,1-3H3,(H,26,27)/b14-13-. The van der Waals surface area contributed by atoms with Crippen LogP contribution in [0.5, 0.6) is 0 Å². The average Bonchev–Trinajstić information content (AvgIpc) is 2.68. The van der Waals surface area contributed by atoms with Gasteiger partial charge in [-0.3, -0.25) is 9.59 Å². The highest BCUT2D eigenvalue weighted by Gasteiger charge is 2.37. The van der Waals surface area contributed by atoms with Gasteiger partial charge in [0.05, 0.1) is 0 Å². The largest absolute Gasteiger partial charge is 0.480 e. The lowest BCUT2D eigenvalue weighted by Gasteiger charge is -2.24. The molecule has 0 aromatic carbocycles. The lowest BCUT2D eigenvalue weighted by Crippen LogP contribution is -2.34. The molecular formula is C24H44O3S. The summed E-state index contributed by atoms with van der Waals surface area (Å²) in [6, 6.07) is 0. The highest BCUT2D eigenvalue weighted by Crippen LogP contribution is 2.34. The van der Waals surface area contributed by atoms with Gasteiger partial charge >= 0.3 is 5.97 Å². The predicted molar refractivity (Wildman–Crippen MR) is 123 cm³/mol. The van der Waals surface area contributed by atoms with Gasteiger partial charge < -0.3 is 5.11 Å². The first-order valence-corrected chi connectivity index (χ1v) is 12.4. The zero-order valence-electron chi connectivity index (χ0n) is 18.6. The van der Waals surface area contributed by atoms with Crippen LogP contribution in [0.15, 0.2) is 12.2 Å². The lowest BCUT2D eigenvalue weighted by molar-refractivity contribution is -0.140. The average molecular weight is 413 g/mol. The molecule has 3 nitrogen and oxygen atoms in total. The summed E-state index contributed by atoms with van der Waals surface area (Å²) in [5.74, 6) is -0.861. The van der Waals surface area contributed by atoms with Crippen molar-refractivity contribution in [3.05, 3.63) is 12.2 Å². The third-order valence-electron chi connectivity index (χ3n) is 5.48. The Morgan fingerprint density at radius 2 is 1.21 bits per heavy atom. The Kier molecular flexibility index (Phi) is 17.8. The van der Waals surface area contributed by atoms with Crippen LogP contribution in [-0.4, -0.2) is 20.9 Å². The number of carboxylic acid groups (broad SMARTS) is 1. The van der Waals surface area contributed by atoms with Crippen molar-refractivity contribution in [3.8, 4) is 0 Å². The molecule has 0 radical (unpaired) electrons. The third-order valence-corrected chi connectivity index (χ3v) is 7.06. The fourth-order valence-electron chi connectivity index (χ4n) is 3.35. The molecule has 0 heterocycles. The SMILES string of the molecule is CCCCCCCC/C=C\CCCCCCCC(=O)SC(CC)(CC)C(=O)O. The molecule has 4 heteroatoms. The summed E-state index contributed by atoms with van der Waals surface area (Å²) in [7, 11) is 0. The van der Waals surface area contributed by atoms with Crippen LogP contribution in [0.25, 0.3) is 0 Å². The number of allylic oxidation sites excluding steroid dienone is 2. The molecule has 0 bridgehead atoms. The van der Waals surface area contributed by atoms with Gasteiger partial charge in [0.1, 0.15) is 4.75 Å². The minimum absolute atomic E-state index is 0.0312. The summed E-state index contributed by atoms with van der Waals surface area (Å²) in [6.07, 6.45) is 22.2. The van der Waals surface area contributed by atoms with E-state index in [1.165, 1.54) is 64.2 Å². The third kappa shape index (κ3) is 13.4. The first-order valence-electron chi connectivity index (χ1n) is 11.6. The number of rotatable bonds is 19. The van der Waals surface area contributed by atoms with Crippen LogP contribution in [0, 0.1) is 0 Å². The van der Waals surface area contributed by atoms with Crippen molar-refractivity contribution >= 4 is 22.8 Å². The van der Waals surface area contributed by atoms with Gasteiger partial charge in [0.15, 0.2) is 5.12 Å². The number of thioether (sulfide) groups is 1. The molecule has 164 valence electrons. The molecule has 0 unspecified atom stereocenters. The van der Waals surface area contributed by atoms with Gasteiger partial charge in [-0.05, 0) is 44.9 Å². The van der Waals surface area contributed by atoms with Crippen LogP contribution in [-0.2, 0) is 9.59 Å². The van der Waals surface area contributed by atoms with Crippen molar-refractivity contribution in [3.63, 3.8) is 0 Å². The fraction of sp³-hybridized carbons (Fsp3) is 0.833. The molecule has 0 saturated heterocycles. The van der Waals surface area contributed by atoms with Crippen LogP contribution in [0.4, 0.5) is 0 Å². The zero-order chi connectivity index (χ0) is 21.1. The van der Waals surface area contributed by atoms with Crippen molar-refractivity contribution < 1.29 is 14.7 Å². The van der Waals surface area contributed by atoms with Crippen molar-refractivity contribution in [2.45, 2.75) is 128 Å². The summed E-state index contributed by atoms with van der Waals surface area (Å²) in [6.45, 7) is 5.95. The number of hydrogen-bond donors (Lipinski definition) is 1. The summed E-state index contributed by atoms with van der Waals surface area (Å²) in [5.41, 5.74) is 0. The molecule has 0 aromatic rings. The van der Waals surface area contributed by atoms with Gasteiger partial charge in [-0.25, -0.2) is 0 Å². The molecule has 0 aliphatic carbocycles. The van der Waals surface area contributed by atoms with E-state index in [9.17, 15) is 14.7 Å². The maximum absolute atomic E-state index is 12.1. The van der Waals surface area contributed by atoms with E-state index in [0.29, 0.717) is 19.3 Å². The van der Waals surface area contributed by atoms with Crippen LogP contribution < -0.4 is 0 Å². The Morgan fingerprint density at radius 1 is 0.750 bits per heavy atom. The van der Waals surface area contributed by atoms with Crippen LogP contribution >= 0.6 is 11.8 Å². The minimum atomic E-state index is -0.932. The molecule has 28 heavy (non-hydrogen) atoms. The molecule has 0 rings (SSSR count). The second-order valence-corrected chi connectivity index (χ2v) is 9.26. The van der Waals surface area contributed by atoms with Gasteiger partial charge in [0.25, 0.3) is 0 Å². The molecule has 0 aliphatic heterocycles. The maximum atomic E-state index is 12.1. The molecule has 0 spiro atoms. The molecule has 0 atom stereocenters. The molecule has 0 aliphatic rings. The van der Waals surface area contributed by atoms with E-state index < -0.39 is 10.7 Å². The quantitative estimate of drug-likeness (QED) is 0.173. The van der Waals surface area contributed by atoms with Gasteiger partial charge in [-0.2, -0.15) is 0 Å². The molecular weight excluding hydrogens is 368 g/mol. The van der Waals surface area contributed by atoms with E-state index in [0.717, 1.165) is 31.0 Å². The monoisotopic (exact) mass is 412 g/mol. The molecule has 1 N–H and O–H groups in total. The van der Waals surface area contributed by atoms with Gasteiger partial charge in [0, 0.05) is 6.42 Å². The van der Waals surface area contributed by atoms with E-state index in [2.05, 4.69) is 19.1 Å². The zero-order valence-corrected chi connectivity index (χ0v) is 19.5. The number of carbonyl (C=O) groups excluding carboxylic acids is 1. The van der Waals surface area contributed by atoms with E-state index >= 15 is 0 Å². The Balaban J connectivity index is 3.58. The number of unbranched alkanes of at least 4 members (excludes halogenated alkanes) is 11. The van der Waals surface area contributed by atoms with Gasteiger partial charge in [-0.1, -0.05) is 96.1 Å². The fourth-order valence-corrected chi connectivity index (χ4v) is 4.41. The summed E-state index contributed by atoms with van der Waals surface area (Å²) < 4.78 is -0.932. The lowest BCUT2D eigenvalue weighted by atomic mass is 10.0. The number of carboxylic acids is 1.